The number of hydrogen-bond donors (Lipinski definition) is 1. The topological polar surface area (TPSA) is 59.4 Å². The molecule has 0 spiro atoms. The molecule has 0 radical (unpaired) electrons. The van der Waals surface area contributed by atoms with Crippen molar-refractivity contribution in [1.29, 1.82) is 0 Å². The predicted octanol–water partition coefficient (Wildman–Crippen LogP) is 4.32. The fraction of sp³-hybridized carbons (Fsp3) is 0.111. The number of hydrogen-bond acceptors (Lipinski definition) is 4. The van der Waals surface area contributed by atoms with E-state index in [9.17, 15) is 4.79 Å². The Hall–Kier alpha value is -2.66. The third-order valence-electron chi connectivity index (χ3n) is 3.19. The van der Waals surface area contributed by atoms with Gasteiger partial charge in [0.1, 0.15) is 10.8 Å². The first kappa shape index (κ1) is 15.2. The molecule has 1 heterocycles. The number of para-hydroxylation sites is 1. The molecule has 1 aromatic heterocycles. The van der Waals surface area contributed by atoms with Crippen LogP contribution in [-0.2, 0) is 4.79 Å². The molecule has 0 amide bonds. The minimum atomic E-state index is -0.861. The van der Waals surface area contributed by atoms with Gasteiger partial charge in [-0.1, -0.05) is 30.3 Å². The fourth-order valence-electron chi connectivity index (χ4n) is 2.06. The highest BCUT2D eigenvalue weighted by Gasteiger charge is 2.00. The van der Waals surface area contributed by atoms with E-state index in [-0.39, 0.29) is 13.0 Å². The van der Waals surface area contributed by atoms with Gasteiger partial charge < -0.3 is 9.84 Å². The quantitative estimate of drug-likeness (QED) is 0.733. The molecule has 23 heavy (non-hydrogen) atoms. The lowest BCUT2D eigenvalue weighted by atomic mass is 10.2. The van der Waals surface area contributed by atoms with E-state index in [1.807, 2.05) is 54.6 Å². The number of aliphatic carboxylic acids is 1. The van der Waals surface area contributed by atoms with Crippen molar-refractivity contribution in [2.45, 2.75) is 6.42 Å². The van der Waals surface area contributed by atoms with E-state index >= 15 is 0 Å². The first-order valence-corrected chi connectivity index (χ1v) is 8.01. The van der Waals surface area contributed by atoms with E-state index in [4.69, 9.17) is 9.84 Å². The van der Waals surface area contributed by atoms with Crippen molar-refractivity contribution in [2.24, 2.45) is 0 Å². The average molecular weight is 325 g/mol. The second kappa shape index (κ2) is 7.07. The van der Waals surface area contributed by atoms with E-state index < -0.39 is 5.97 Å². The molecule has 0 saturated heterocycles. The number of ether oxygens (including phenoxy) is 1. The summed E-state index contributed by atoms with van der Waals surface area (Å²) in [7, 11) is 0. The van der Waals surface area contributed by atoms with Gasteiger partial charge in [-0.25, -0.2) is 4.98 Å². The van der Waals surface area contributed by atoms with Crippen LogP contribution in [0.1, 0.15) is 17.0 Å². The Kier molecular flexibility index (Phi) is 4.68. The molecule has 3 rings (SSSR count). The highest BCUT2D eigenvalue weighted by Crippen LogP contribution is 2.23. The lowest BCUT2D eigenvalue weighted by Crippen LogP contribution is -2.04. The SMILES string of the molecule is O=C(O)CCOc1ccc(/C=C/c2nc3ccccc3s2)cc1. The molecule has 2 aromatic carbocycles. The highest BCUT2D eigenvalue weighted by atomic mass is 32.1. The van der Waals surface area contributed by atoms with Crippen LogP contribution in [-0.4, -0.2) is 22.7 Å². The van der Waals surface area contributed by atoms with E-state index in [1.165, 1.54) is 4.70 Å². The Bertz CT molecular complexity index is 804. The van der Waals surface area contributed by atoms with Crippen LogP contribution in [0.3, 0.4) is 0 Å². The molecule has 0 fully saturated rings. The number of aromatic nitrogens is 1. The second-order valence-electron chi connectivity index (χ2n) is 4.91. The normalized spacial score (nSPS) is 11.1. The Balaban J connectivity index is 1.64. The minimum absolute atomic E-state index is 0.000733. The molecule has 0 saturated carbocycles. The molecule has 3 aromatic rings. The third-order valence-corrected chi connectivity index (χ3v) is 4.20. The molecule has 0 atom stereocenters. The summed E-state index contributed by atoms with van der Waals surface area (Å²) in [5, 5.41) is 9.54. The van der Waals surface area contributed by atoms with Crippen LogP contribution in [0.4, 0.5) is 0 Å². The summed E-state index contributed by atoms with van der Waals surface area (Å²) in [6.07, 6.45) is 3.99. The Morgan fingerprint density at radius 1 is 1.13 bits per heavy atom. The number of carboxylic acid groups (broad SMARTS) is 1. The lowest BCUT2D eigenvalue weighted by molar-refractivity contribution is -0.137. The summed E-state index contributed by atoms with van der Waals surface area (Å²) >= 11 is 1.66. The summed E-state index contributed by atoms with van der Waals surface area (Å²) < 4.78 is 6.53. The molecule has 0 aliphatic rings. The molecule has 4 nitrogen and oxygen atoms in total. The molecule has 1 N–H and O–H groups in total. The first-order chi connectivity index (χ1) is 11.2. The van der Waals surface area contributed by atoms with Crippen LogP contribution in [0.15, 0.2) is 48.5 Å². The van der Waals surface area contributed by atoms with Gasteiger partial charge in [0.05, 0.1) is 23.2 Å². The van der Waals surface area contributed by atoms with Crippen molar-refractivity contribution < 1.29 is 14.6 Å². The number of fused-ring (bicyclic) bond motifs is 1. The van der Waals surface area contributed by atoms with Gasteiger partial charge in [0, 0.05) is 0 Å². The maximum Gasteiger partial charge on any atom is 0.306 e. The average Bonchev–Trinajstić information content (AvgIpc) is 2.97. The highest BCUT2D eigenvalue weighted by molar-refractivity contribution is 7.19. The van der Waals surface area contributed by atoms with Crippen molar-refractivity contribution in [3.63, 3.8) is 0 Å². The van der Waals surface area contributed by atoms with Gasteiger partial charge in [0.2, 0.25) is 0 Å². The molecule has 0 aliphatic carbocycles. The zero-order valence-corrected chi connectivity index (χ0v) is 13.1. The van der Waals surface area contributed by atoms with Crippen LogP contribution in [0.2, 0.25) is 0 Å². The van der Waals surface area contributed by atoms with Crippen molar-refractivity contribution in [2.75, 3.05) is 6.61 Å². The van der Waals surface area contributed by atoms with Gasteiger partial charge >= 0.3 is 5.97 Å². The van der Waals surface area contributed by atoms with E-state index in [2.05, 4.69) is 11.1 Å². The summed E-state index contributed by atoms with van der Waals surface area (Å²) in [4.78, 5) is 15.0. The van der Waals surface area contributed by atoms with Crippen LogP contribution < -0.4 is 4.74 Å². The maximum absolute atomic E-state index is 10.4. The number of benzene rings is 2. The van der Waals surface area contributed by atoms with Crippen LogP contribution in [0, 0.1) is 0 Å². The molecule has 0 unspecified atom stereocenters. The molecule has 116 valence electrons. The van der Waals surface area contributed by atoms with Crippen molar-refractivity contribution in [1.82, 2.24) is 4.98 Å². The number of carbonyl (C=O) groups is 1. The summed E-state index contributed by atoms with van der Waals surface area (Å²) in [6.45, 7) is 0.177. The molecule has 0 aliphatic heterocycles. The van der Waals surface area contributed by atoms with Crippen molar-refractivity contribution >= 4 is 39.7 Å². The van der Waals surface area contributed by atoms with Gasteiger partial charge in [-0.15, -0.1) is 11.3 Å². The van der Waals surface area contributed by atoms with Gasteiger partial charge in [0.15, 0.2) is 0 Å². The zero-order chi connectivity index (χ0) is 16.1. The van der Waals surface area contributed by atoms with Crippen molar-refractivity contribution in [3.05, 3.63) is 59.1 Å². The molecular formula is C18H15NO3S. The fourth-order valence-corrected chi connectivity index (χ4v) is 2.93. The van der Waals surface area contributed by atoms with Gasteiger partial charge in [-0.2, -0.15) is 0 Å². The predicted molar refractivity (Wildman–Crippen MR) is 92.7 cm³/mol. The zero-order valence-electron chi connectivity index (χ0n) is 12.3. The van der Waals surface area contributed by atoms with E-state index in [0.29, 0.717) is 5.75 Å². The number of nitrogens with zero attached hydrogens (tertiary/aromatic N) is 1. The van der Waals surface area contributed by atoms with Gasteiger partial charge in [-0.05, 0) is 35.9 Å². The Morgan fingerprint density at radius 2 is 1.91 bits per heavy atom. The number of carboxylic acids is 1. The first-order valence-electron chi connectivity index (χ1n) is 7.19. The molecule has 0 bridgehead atoms. The van der Waals surface area contributed by atoms with E-state index in [0.717, 1.165) is 16.1 Å². The summed E-state index contributed by atoms with van der Waals surface area (Å²) in [6, 6.07) is 15.6. The monoisotopic (exact) mass is 325 g/mol. The second-order valence-corrected chi connectivity index (χ2v) is 5.98. The maximum atomic E-state index is 10.4. The Morgan fingerprint density at radius 3 is 2.65 bits per heavy atom. The largest absolute Gasteiger partial charge is 0.493 e. The summed E-state index contributed by atoms with van der Waals surface area (Å²) in [5.74, 6) is -0.191. The van der Waals surface area contributed by atoms with Crippen molar-refractivity contribution in [3.8, 4) is 5.75 Å². The summed E-state index contributed by atoms with van der Waals surface area (Å²) in [5.41, 5.74) is 2.05. The minimum Gasteiger partial charge on any atom is -0.493 e. The van der Waals surface area contributed by atoms with Gasteiger partial charge in [-0.3, -0.25) is 4.79 Å². The number of thiazole rings is 1. The molecular weight excluding hydrogens is 310 g/mol. The standard InChI is InChI=1S/C18H15NO3S/c20-18(21)11-12-22-14-8-5-13(6-9-14)7-10-17-19-15-3-1-2-4-16(15)23-17/h1-10H,11-12H2,(H,20,21)/b10-7+. The van der Waals surface area contributed by atoms with Crippen LogP contribution in [0.5, 0.6) is 5.75 Å². The smallest absolute Gasteiger partial charge is 0.306 e. The van der Waals surface area contributed by atoms with E-state index in [1.54, 1.807) is 11.3 Å². The lowest BCUT2D eigenvalue weighted by Gasteiger charge is -2.04. The van der Waals surface area contributed by atoms with Crippen LogP contribution in [0.25, 0.3) is 22.4 Å². The third kappa shape index (κ3) is 4.17. The van der Waals surface area contributed by atoms with Crippen LogP contribution >= 0.6 is 11.3 Å². The number of rotatable bonds is 6. The van der Waals surface area contributed by atoms with Gasteiger partial charge in [0.25, 0.3) is 0 Å². The molecule has 5 heteroatoms. The Labute approximate surface area is 137 Å².